The van der Waals surface area contributed by atoms with E-state index in [1.165, 1.54) is 0 Å². The van der Waals surface area contributed by atoms with E-state index in [1.807, 2.05) is 6.07 Å². The number of hydrogen-bond donors (Lipinski definition) is 3. The SMILES string of the molecule is COc1cccc(NC(=O)Nc2ccc3c(c2)B(O)OC3)c1. The van der Waals surface area contributed by atoms with Crippen LogP contribution in [0.4, 0.5) is 16.2 Å². The number of hydrogen-bond acceptors (Lipinski definition) is 4. The van der Waals surface area contributed by atoms with Gasteiger partial charge < -0.3 is 25.0 Å². The highest BCUT2D eigenvalue weighted by Crippen LogP contribution is 2.18. The number of anilines is 2. The van der Waals surface area contributed by atoms with E-state index in [4.69, 9.17) is 9.39 Å². The van der Waals surface area contributed by atoms with Gasteiger partial charge in [0.2, 0.25) is 0 Å². The van der Waals surface area contributed by atoms with Gasteiger partial charge >= 0.3 is 13.1 Å². The summed E-state index contributed by atoms with van der Waals surface area (Å²) in [5, 5.41) is 15.1. The van der Waals surface area contributed by atoms with Gasteiger partial charge in [-0.3, -0.25) is 0 Å². The summed E-state index contributed by atoms with van der Waals surface area (Å²) in [7, 11) is 0.634. The van der Waals surface area contributed by atoms with Gasteiger partial charge in [-0.1, -0.05) is 12.1 Å². The molecule has 0 fully saturated rings. The lowest BCUT2D eigenvalue weighted by molar-refractivity contribution is 0.262. The van der Waals surface area contributed by atoms with E-state index in [0.29, 0.717) is 29.2 Å². The number of methoxy groups -OCH3 is 1. The number of carbonyl (C=O) groups is 1. The molecule has 0 radical (unpaired) electrons. The van der Waals surface area contributed by atoms with E-state index in [-0.39, 0.29) is 6.03 Å². The molecule has 0 aliphatic carbocycles. The zero-order chi connectivity index (χ0) is 15.5. The summed E-state index contributed by atoms with van der Waals surface area (Å²) < 4.78 is 10.2. The van der Waals surface area contributed by atoms with Crippen LogP contribution in [0.5, 0.6) is 5.75 Å². The van der Waals surface area contributed by atoms with E-state index < -0.39 is 7.12 Å². The van der Waals surface area contributed by atoms with Gasteiger partial charge in [-0.05, 0) is 35.3 Å². The van der Waals surface area contributed by atoms with Crippen LogP contribution in [0.1, 0.15) is 5.56 Å². The van der Waals surface area contributed by atoms with Crippen molar-refractivity contribution in [3.8, 4) is 5.75 Å². The first-order valence-corrected chi connectivity index (χ1v) is 6.80. The lowest BCUT2D eigenvalue weighted by atomic mass is 9.79. The van der Waals surface area contributed by atoms with Gasteiger partial charge in [0, 0.05) is 17.4 Å². The first kappa shape index (κ1) is 14.4. The average molecular weight is 298 g/mol. The van der Waals surface area contributed by atoms with E-state index >= 15 is 0 Å². The van der Waals surface area contributed by atoms with Crippen molar-refractivity contribution in [3.05, 3.63) is 48.0 Å². The van der Waals surface area contributed by atoms with Gasteiger partial charge in [0.25, 0.3) is 0 Å². The molecule has 2 aromatic carbocycles. The molecule has 2 amide bonds. The Morgan fingerprint density at radius 1 is 1.23 bits per heavy atom. The summed E-state index contributed by atoms with van der Waals surface area (Å²) in [5.41, 5.74) is 2.82. The predicted molar refractivity (Wildman–Crippen MR) is 84.5 cm³/mol. The molecular weight excluding hydrogens is 283 g/mol. The summed E-state index contributed by atoms with van der Waals surface area (Å²) >= 11 is 0. The summed E-state index contributed by atoms with van der Waals surface area (Å²) in [5.74, 6) is 0.663. The molecule has 112 valence electrons. The van der Waals surface area contributed by atoms with E-state index in [9.17, 15) is 9.82 Å². The standard InChI is InChI=1S/C15H15BN2O4/c1-21-13-4-2-3-11(7-13)17-15(19)18-12-6-5-10-9-22-16(20)14(10)8-12/h2-8,20H,9H2,1H3,(H2,17,18,19). The topological polar surface area (TPSA) is 79.8 Å². The lowest BCUT2D eigenvalue weighted by Crippen LogP contribution is -2.29. The van der Waals surface area contributed by atoms with E-state index in [1.54, 1.807) is 43.5 Å². The van der Waals surface area contributed by atoms with Crippen molar-refractivity contribution < 1.29 is 19.2 Å². The van der Waals surface area contributed by atoms with Crippen molar-refractivity contribution in [2.45, 2.75) is 6.61 Å². The maximum Gasteiger partial charge on any atom is 0.491 e. The fourth-order valence-corrected chi connectivity index (χ4v) is 2.29. The van der Waals surface area contributed by atoms with Gasteiger partial charge in [-0.15, -0.1) is 0 Å². The van der Waals surface area contributed by atoms with Crippen LogP contribution < -0.4 is 20.8 Å². The molecule has 0 saturated carbocycles. The van der Waals surface area contributed by atoms with Crippen LogP contribution in [-0.4, -0.2) is 25.3 Å². The van der Waals surface area contributed by atoms with Crippen LogP contribution in [0.2, 0.25) is 0 Å². The number of nitrogens with one attached hydrogen (secondary N) is 2. The van der Waals surface area contributed by atoms with Gasteiger partial charge in [0.1, 0.15) is 5.75 Å². The zero-order valence-electron chi connectivity index (χ0n) is 12.0. The van der Waals surface area contributed by atoms with Crippen LogP contribution in [0.3, 0.4) is 0 Å². The molecule has 0 saturated heterocycles. The number of ether oxygens (including phenoxy) is 1. The Morgan fingerprint density at radius 3 is 2.77 bits per heavy atom. The Morgan fingerprint density at radius 2 is 2.00 bits per heavy atom. The van der Waals surface area contributed by atoms with Crippen molar-refractivity contribution in [2.24, 2.45) is 0 Å². The Kier molecular flexibility index (Phi) is 3.99. The van der Waals surface area contributed by atoms with Gasteiger partial charge in [0.05, 0.1) is 13.7 Å². The largest absolute Gasteiger partial charge is 0.497 e. The van der Waals surface area contributed by atoms with E-state index in [0.717, 1.165) is 5.56 Å². The molecule has 0 bridgehead atoms. The molecule has 0 atom stereocenters. The van der Waals surface area contributed by atoms with Crippen molar-refractivity contribution in [3.63, 3.8) is 0 Å². The molecular formula is C15H15BN2O4. The van der Waals surface area contributed by atoms with Crippen molar-refractivity contribution in [2.75, 3.05) is 17.7 Å². The molecule has 1 aliphatic rings. The van der Waals surface area contributed by atoms with Crippen LogP contribution in [-0.2, 0) is 11.3 Å². The van der Waals surface area contributed by atoms with Crippen molar-refractivity contribution >= 4 is 30.0 Å². The summed E-state index contributed by atoms with van der Waals surface area (Å²) in [6, 6.07) is 12.0. The second-order valence-electron chi connectivity index (χ2n) is 4.89. The highest BCUT2D eigenvalue weighted by Gasteiger charge is 2.27. The van der Waals surface area contributed by atoms with Gasteiger partial charge in [-0.25, -0.2) is 4.79 Å². The predicted octanol–water partition coefficient (Wildman–Crippen LogP) is 1.56. The first-order chi connectivity index (χ1) is 10.7. The molecule has 0 aromatic heterocycles. The molecule has 6 nitrogen and oxygen atoms in total. The summed E-state index contributed by atoms with van der Waals surface area (Å²) in [4.78, 5) is 12.0. The third-order valence-electron chi connectivity index (χ3n) is 3.39. The van der Waals surface area contributed by atoms with Crippen LogP contribution >= 0.6 is 0 Å². The molecule has 1 heterocycles. The molecule has 3 rings (SSSR count). The monoisotopic (exact) mass is 298 g/mol. The Hall–Kier alpha value is -2.51. The zero-order valence-corrected chi connectivity index (χ0v) is 12.0. The Bertz CT molecular complexity index is 708. The quantitative estimate of drug-likeness (QED) is 0.751. The van der Waals surface area contributed by atoms with Crippen molar-refractivity contribution in [1.82, 2.24) is 0 Å². The highest BCUT2D eigenvalue weighted by atomic mass is 16.5. The third kappa shape index (κ3) is 3.05. The number of urea groups is 1. The fraction of sp³-hybridized carbons (Fsp3) is 0.133. The minimum Gasteiger partial charge on any atom is -0.497 e. The minimum atomic E-state index is -0.932. The average Bonchev–Trinajstić information content (AvgIpc) is 2.88. The molecule has 2 aromatic rings. The normalized spacial score (nSPS) is 12.7. The second kappa shape index (κ2) is 6.09. The number of benzene rings is 2. The van der Waals surface area contributed by atoms with Gasteiger partial charge in [0.15, 0.2) is 0 Å². The van der Waals surface area contributed by atoms with Gasteiger partial charge in [-0.2, -0.15) is 0 Å². The number of fused-ring (bicyclic) bond motifs is 1. The summed E-state index contributed by atoms with van der Waals surface area (Å²) in [6.45, 7) is 0.382. The lowest BCUT2D eigenvalue weighted by Gasteiger charge is -2.10. The minimum absolute atomic E-state index is 0.374. The molecule has 1 aliphatic heterocycles. The van der Waals surface area contributed by atoms with Crippen LogP contribution in [0, 0.1) is 0 Å². The third-order valence-corrected chi connectivity index (χ3v) is 3.39. The summed E-state index contributed by atoms with van der Waals surface area (Å²) in [6.07, 6.45) is 0. The molecule has 0 unspecified atom stereocenters. The number of carbonyl (C=O) groups excluding carboxylic acids is 1. The Balaban J connectivity index is 1.68. The van der Waals surface area contributed by atoms with Crippen LogP contribution in [0.25, 0.3) is 0 Å². The maximum absolute atomic E-state index is 12.0. The molecule has 3 N–H and O–H groups in total. The fourth-order valence-electron chi connectivity index (χ4n) is 2.29. The smallest absolute Gasteiger partial charge is 0.491 e. The first-order valence-electron chi connectivity index (χ1n) is 6.80. The second-order valence-corrected chi connectivity index (χ2v) is 4.89. The Labute approximate surface area is 128 Å². The number of rotatable bonds is 3. The van der Waals surface area contributed by atoms with Crippen LogP contribution in [0.15, 0.2) is 42.5 Å². The van der Waals surface area contributed by atoms with Crippen molar-refractivity contribution in [1.29, 1.82) is 0 Å². The number of amides is 2. The van der Waals surface area contributed by atoms with E-state index in [2.05, 4.69) is 10.6 Å². The maximum atomic E-state index is 12.0. The highest BCUT2D eigenvalue weighted by molar-refractivity contribution is 6.61. The molecule has 0 spiro atoms. The molecule has 22 heavy (non-hydrogen) atoms. The molecule has 7 heteroatoms.